The van der Waals surface area contributed by atoms with Gasteiger partial charge in [-0.25, -0.2) is 0 Å². The van der Waals surface area contributed by atoms with Gasteiger partial charge in [0.2, 0.25) is 0 Å². The number of hydrogen-bond acceptors (Lipinski definition) is 3. The minimum absolute atomic E-state index is 0.0253. The van der Waals surface area contributed by atoms with E-state index in [9.17, 15) is 13.2 Å². The fourth-order valence-electron chi connectivity index (χ4n) is 2.33. The second kappa shape index (κ2) is 7.18. The molecule has 6 heteroatoms. The molecule has 1 rings (SSSR count). The number of aliphatic hydroxyl groups excluding tert-OH is 1. The second-order valence-electron chi connectivity index (χ2n) is 4.35. The summed E-state index contributed by atoms with van der Waals surface area (Å²) < 4.78 is 39.3. The Kier molecular flexibility index (Phi) is 6.22. The Labute approximate surface area is 99.5 Å². The molecule has 1 fully saturated rings. The predicted molar refractivity (Wildman–Crippen MR) is 57.5 cm³/mol. The van der Waals surface area contributed by atoms with E-state index in [1.807, 2.05) is 4.90 Å². The number of hydrogen-bond donors (Lipinski definition) is 1. The van der Waals surface area contributed by atoms with E-state index in [1.165, 1.54) is 6.42 Å². The van der Waals surface area contributed by atoms with Gasteiger partial charge in [-0.3, -0.25) is 9.64 Å². The molecule has 0 heterocycles. The van der Waals surface area contributed by atoms with E-state index in [-0.39, 0.29) is 19.8 Å². The van der Waals surface area contributed by atoms with Crippen molar-refractivity contribution in [2.24, 2.45) is 0 Å². The summed E-state index contributed by atoms with van der Waals surface area (Å²) in [4.78, 5) is 1.91. The van der Waals surface area contributed by atoms with E-state index < -0.39 is 6.36 Å². The normalized spacial score (nSPS) is 18.9. The first-order valence-electron chi connectivity index (χ1n) is 6.08. The minimum Gasteiger partial charge on any atom is -0.395 e. The van der Waals surface area contributed by atoms with Crippen LogP contribution in [0.5, 0.6) is 0 Å². The van der Waals surface area contributed by atoms with Crippen molar-refractivity contribution in [2.75, 3.05) is 26.3 Å². The summed E-state index contributed by atoms with van der Waals surface area (Å²) in [7, 11) is 0. The number of alkyl halides is 3. The van der Waals surface area contributed by atoms with E-state index in [1.54, 1.807) is 0 Å². The zero-order valence-corrected chi connectivity index (χ0v) is 9.88. The summed E-state index contributed by atoms with van der Waals surface area (Å²) in [5.74, 6) is 0. The molecule has 1 N–H and O–H groups in total. The highest BCUT2D eigenvalue weighted by molar-refractivity contribution is 4.75. The van der Waals surface area contributed by atoms with Gasteiger partial charge in [-0.2, -0.15) is 0 Å². The molecule has 0 radical (unpaired) electrons. The van der Waals surface area contributed by atoms with Crippen molar-refractivity contribution in [3.8, 4) is 0 Å². The molecule has 1 aliphatic rings. The fourth-order valence-corrected chi connectivity index (χ4v) is 2.33. The fraction of sp³-hybridized carbons (Fsp3) is 1.00. The van der Waals surface area contributed by atoms with E-state index in [0.717, 1.165) is 25.7 Å². The maximum Gasteiger partial charge on any atom is 0.522 e. The van der Waals surface area contributed by atoms with Crippen molar-refractivity contribution in [1.29, 1.82) is 0 Å². The molecule has 0 atom stereocenters. The predicted octanol–water partition coefficient (Wildman–Crippen LogP) is 2.15. The topological polar surface area (TPSA) is 32.7 Å². The summed E-state index contributed by atoms with van der Waals surface area (Å²) in [5, 5.41) is 8.92. The maximum absolute atomic E-state index is 11.8. The van der Waals surface area contributed by atoms with E-state index in [2.05, 4.69) is 4.74 Å². The Morgan fingerprint density at radius 3 is 2.29 bits per heavy atom. The molecular formula is C11H20F3NO2. The van der Waals surface area contributed by atoms with Crippen LogP contribution in [0.15, 0.2) is 0 Å². The Balaban J connectivity index is 2.31. The average Bonchev–Trinajstić information content (AvgIpc) is 2.27. The monoisotopic (exact) mass is 255 g/mol. The summed E-state index contributed by atoms with van der Waals surface area (Å²) in [6.07, 6.45) is 0.886. The van der Waals surface area contributed by atoms with Gasteiger partial charge in [0.15, 0.2) is 0 Å². The minimum atomic E-state index is -4.56. The lowest BCUT2D eigenvalue weighted by Gasteiger charge is -2.33. The van der Waals surface area contributed by atoms with E-state index in [0.29, 0.717) is 12.6 Å². The van der Waals surface area contributed by atoms with Crippen molar-refractivity contribution in [3.63, 3.8) is 0 Å². The van der Waals surface area contributed by atoms with Crippen LogP contribution in [0.1, 0.15) is 32.1 Å². The molecule has 0 aromatic carbocycles. The summed E-state index contributed by atoms with van der Waals surface area (Å²) in [6.45, 7) is 0.263. The molecule has 102 valence electrons. The molecule has 0 saturated heterocycles. The molecule has 0 aromatic heterocycles. The highest BCUT2D eigenvalue weighted by atomic mass is 19.4. The van der Waals surface area contributed by atoms with Crippen LogP contribution in [0.3, 0.4) is 0 Å². The van der Waals surface area contributed by atoms with Crippen LogP contribution in [0.4, 0.5) is 13.2 Å². The van der Waals surface area contributed by atoms with Crippen LogP contribution in [0, 0.1) is 0 Å². The third kappa shape index (κ3) is 6.24. The standard InChI is InChI=1S/C11H20F3NO2/c12-11(13,14)17-9-7-15(6-8-16)10-4-2-1-3-5-10/h10,16H,1-9H2. The molecule has 0 bridgehead atoms. The molecule has 1 saturated carbocycles. The highest BCUT2D eigenvalue weighted by Gasteiger charge is 2.29. The Hall–Kier alpha value is -0.330. The van der Waals surface area contributed by atoms with Gasteiger partial charge in [0.25, 0.3) is 0 Å². The molecule has 17 heavy (non-hydrogen) atoms. The Morgan fingerprint density at radius 1 is 1.12 bits per heavy atom. The molecule has 0 spiro atoms. The lowest BCUT2D eigenvalue weighted by molar-refractivity contribution is -0.325. The van der Waals surface area contributed by atoms with Crippen LogP contribution >= 0.6 is 0 Å². The number of nitrogens with zero attached hydrogens (tertiary/aromatic N) is 1. The number of ether oxygens (including phenoxy) is 1. The van der Waals surface area contributed by atoms with E-state index >= 15 is 0 Å². The summed E-state index contributed by atoms with van der Waals surface area (Å²) in [6, 6.07) is 0.299. The van der Waals surface area contributed by atoms with Gasteiger partial charge >= 0.3 is 6.36 Å². The summed E-state index contributed by atoms with van der Waals surface area (Å²) >= 11 is 0. The van der Waals surface area contributed by atoms with Gasteiger partial charge in [0, 0.05) is 19.1 Å². The Morgan fingerprint density at radius 2 is 1.76 bits per heavy atom. The van der Waals surface area contributed by atoms with Crippen LogP contribution in [0.25, 0.3) is 0 Å². The van der Waals surface area contributed by atoms with Gasteiger partial charge in [0.1, 0.15) is 0 Å². The maximum atomic E-state index is 11.8. The summed E-state index contributed by atoms with van der Waals surface area (Å²) in [5.41, 5.74) is 0. The van der Waals surface area contributed by atoms with Crippen LogP contribution in [-0.2, 0) is 4.74 Å². The lowest BCUT2D eigenvalue weighted by atomic mass is 9.94. The third-order valence-corrected chi connectivity index (χ3v) is 3.12. The van der Waals surface area contributed by atoms with Crippen molar-refractivity contribution in [1.82, 2.24) is 4.90 Å². The zero-order valence-electron chi connectivity index (χ0n) is 9.88. The lowest BCUT2D eigenvalue weighted by Crippen LogP contribution is -2.41. The van der Waals surface area contributed by atoms with E-state index in [4.69, 9.17) is 5.11 Å². The van der Waals surface area contributed by atoms with Crippen LogP contribution < -0.4 is 0 Å². The first kappa shape index (κ1) is 14.7. The number of aliphatic hydroxyl groups is 1. The molecule has 3 nitrogen and oxygen atoms in total. The van der Waals surface area contributed by atoms with Crippen molar-refractivity contribution < 1.29 is 23.0 Å². The molecule has 0 unspecified atom stereocenters. The highest BCUT2D eigenvalue weighted by Crippen LogP contribution is 2.22. The van der Waals surface area contributed by atoms with Crippen LogP contribution in [0.2, 0.25) is 0 Å². The van der Waals surface area contributed by atoms with Crippen molar-refractivity contribution >= 4 is 0 Å². The first-order chi connectivity index (χ1) is 8.03. The zero-order chi connectivity index (χ0) is 12.7. The largest absolute Gasteiger partial charge is 0.522 e. The molecular weight excluding hydrogens is 235 g/mol. The molecule has 0 aliphatic heterocycles. The van der Waals surface area contributed by atoms with Gasteiger partial charge < -0.3 is 5.11 Å². The van der Waals surface area contributed by atoms with Crippen molar-refractivity contribution in [2.45, 2.75) is 44.5 Å². The van der Waals surface area contributed by atoms with Gasteiger partial charge in [-0.15, -0.1) is 13.2 Å². The van der Waals surface area contributed by atoms with Crippen molar-refractivity contribution in [3.05, 3.63) is 0 Å². The second-order valence-corrected chi connectivity index (χ2v) is 4.35. The molecule has 1 aliphatic carbocycles. The quantitative estimate of drug-likeness (QED) is 0.789. The van der Waals surface area contributed by atoms with Gasteiger partial charge in [-0.1, -0.05) is 19.3 Å². The SMILES string of the molecule is OCCN(CCOC(F)(F)F)C1CCCCC1. The van der Waals surface area contributed by atoms with Gasteiger partial charge in [0.05, 0.1) is 13.2 Å². The molecule has 0 aromatic rings. The van der Waals surface area contributed by atoms with Crippen LogP contribution in [-0.4, -0.2) is 48.7 Å². The first-order valence-corrected chi connectivity index (χ1v) is 6.08. The average molecular weight is 255 g/mol. The number of rotatable bonds is 6. The van der Waals surface area contributed by atoms with Gasteiger partial charge in [-0.05, 0) is 12.8 Å². The smallest absolute Gasteiger partial charge is 0.395 e. The number of halogens is 3. The Bertz CT molecular complexity index is 205. The third-order valence-electron chi connectivity index (χ3n) is 3.12. The molecule has 0 amide bonds.